The second-order valence-electron chi connectivity index (χ2n) is 3.82. The van der Waals surface area contributed by atoms with Gasteiger partial charge in [0.2, 0.25) is 0 Å². The van der Waals surface area contributed by atoms with Gasteiger partial charge in [-0.2, -0.15) is 5.10 Å². The normalized spacial score (nSPS) is 12.9. The van der Waals surface area contributed by atoms with Crippen LogP contribution in [-0.4, -0.2) is 39.8 Å². The Bertz CT molecular complexity index is 291. The highest BCUT2D eigenvalue weighted by Crippen LogP contribution is 2.17. The molecule has 1 rings (SSSR count). The summed E-state index contributed by atoms with van der Waals surface area (Å²) in [7, 11) is 1.92. The van der Waals surface area contributed by atoms with Gasteiger partial charge in [0.25, 0.3) is 0 Å². The molecule has 0 saturated heterocycles. The summed E-state index contributed by atoms with van der Waals surface area (Å²) in [6, 6.07) is 0.226. The molecular formula is C11H21N3OS. The molecule has 1 atom stereocenters. The Labute approximate surface area is 101 Å². The Balaban J connectivity index is 2.17. The first kappa shape index (κ1) is 13.5. The smallest absolute Gasteiger partial charge is 0.0625 e. The first-order valence-corrected chi connectivity index (χ1v) is 6.70. The number of nitrogens with zero attached hydrogens (tertiary/aromatic N) is 2. The van der Waals surface area contributed by atoms with Gasteiger partial charge in [0.15, 0.2) is 0 Å². The second kappa shape index (κ2) is 7.70. The van der Waals surface area contributed by atoms with Gasteiger partial charge in [-0.1, -0.05) is 6.92 Å². The predicted octanol–water partition coefficient (Wildman–Crippen LogP) is 1.26. The molecule has 2 N–H and O–H groups in total. The van der Waals surface area contributed by atoms with E-state index in [0.717, 1.165) is 25.1 Å². The predicted molar refractivity (Wildman–Crippen MR) is 67.7 cm³/mol. The number of aromatic nitrogens is 2. The number of hydrogen-bond acceptors (Lipinski definition) is 4. The molecule has 1 unspecified atom stereocenters. The summed E-state index contributed by atoms with van der Waals surface area (Å²) in [5.74, 6) is 1.01. The summed E-state index contributed by atoms with van der Waals surface area (Å²) in [6.45, 7) is 3.32. The van der Waals surface area contributed by atoms with Gasteiger partial charge in [-0.25, -0.2) is 0 Å². The van der Waals surface area contributed by atoms with Crippen molar-refractivity contribution in [3.63, 3.8) is 0 Å². The Kier molecular flexibility index (Phi) is 6.52. The highest BCUT2D eigenvalue weighted by molar-refractivity contribution is 7.99. The van der Waals surface area contributed by atoms with Crippen LogP contribution in [0.4, 0.5) is 0 Å². The van der Waals surface area contributed by atoms with Gasteiger partial charge in [-0.3, -0.25) is 4.68 Å². The molecule has 0 aliphatic heterocycles. The molecule has 1 aromatic rings. The Hall–Kier alpha value is -0.520. The van der Waals surface area contributed by atoms with Crippen LogP contribution in [0.25, 0.3) is 0 Å². The molecule has 1 heterocycles. The first-order chi connectivity index (χ1) is 7.76. The summed E-state index contributed by atoms with van der Waals surface area (Å²) < 4.78 is 1.81. The second-order valence-corrected chi connectivity index (χ2v) is 4.99. The quantitative estimate of drug-likeness (QED) is 0.675. The third-order valence-corrected chi connectivity index (χ3v) is 3.30. The van der Waals surface area contributed by atoms with Gasteiger partial charge < -0.3 is 10.4 Å². The van der Waals surface area contributed by atoms with Gasteiger partial charge in [0, 0.05) is 24.2 Å². The molecule has 1 aromatic heterocycles. The van der Waals surface area contributed by atoms with Crippen molar-refractivity contribution in [1.29, 1.82) is 0 Å². The van der Waals surface area contributed by atoms with Crippen LogP contribution in [0.2, 0.25) is 0 Å². The van der Waals surface area contributed by atoms with Crippen molar-refractivity contribution in [2.75, 3.05) is 18.9 Å². The van der Waals surface area contributed by atoms with E-state index in [0.29, 0.717) is 0 Å². The van der Waals surface area contributed by atoms with E-state index in [1.165, 1.54) is 4.90 Å². The van der Waals surface area contributed by atoms with E-state index in [9.17, 15) is 0 Å². The van der Waals surface area contributed by atoms with Crippen LogP contribution in [0.1, 0.15) is 19.8 Å². The Morgan fingerprint density at radius 3 is 3.00 bits per heavy atom. The summed E-state index contributed by atoms with van der Waals surface area (Å²) in [5, 5.41) is 16.6. The lowest BCUT2D eigenvalue weighted by atomic mass is 10.2. The van der Waals surface area contributed by atoms with Crippen molar-refractivity contribution in [3.05, 3.63) is 12.4 Å². The summed E-state index contributed by atoms with van der Waals surface area (Å²) in [4.78, 5) is 1.19. The number of aryl methyl sites for hydroxylation is 1. The number of thioether (sulfide) groups is 1. The van der Waals surface area contributed by atoms with Crippen molar-refractivity contribution in [2.24, 2.45) is 7.05 Å². The molecule has 0 radical (unpaired) electrons. The van der Waals surface area contributed by atoms with E-state index in [1.807, 2.05) is 19.4 Å². The molecule has 0 aliphatic rings. The zero-order valence-electron chi connectivity index (χ0n) is 10.0. The van der Waals surface area contributed by atoms with E-state index < -0.39 is 0 Å². The maximum absolute atomic E-state index is 9.17. The van der Waals surface area contributed by atoms with Crippen LogP contribution in [0.5, 0.6) is 0 Å². The van der Waals surface area contributed by atoms with Gasteiger partial charge in [0.05, 0.1) is 12.8 Å². The average molecular weight is 243 g/mol. The molecule has 0 bridgehead atoms. The lowest BCUT2D eigenvalue weighted by molar-refractivity contribution is 0.240. The van der Waals surface area contributed by atoms with Gasteiger partial charge in [-0.05, 0) is 25.1 Å². The minimum Gasteiger partial charge on any atom is -0.395 e. The Morgan fingerprint density at radius 1 is 1.62 bits per heavy atom. The lowest BCUT2D eigenvalue weighted by Gasteiger charge is -2.14. The monoisotopic (exact) mass is 243 g/mol. The van der Waals surface area contributed by atoms with Crippen molar-refractivity contribution < 1.29 is 5.11 Å². The van der Waals surface area contributed by atoms with Crippen LogP contribution >= 0.6 is 11.8 Å². The van der Waals surface area contributed by atoms with Crippen LogP contribution < -0.4 is 5.32 Å². The Morgan fingerprint density at radius 2 is 2.44 bits per heavy atom. The molecule has 0 fully saturated rings. The average Bonchev–Trinajstić information content (AvgIpc) is 2.69. The van der Waals surface area contributed by atoms with Crippen molar-refractivity contribution in [2.45, 2.75) is 30.7 Å². The molecular weight excluding hydrogens is 222 g/mol. The molecule has 0 saturated carbocycles. The van der Waals surface area contributed by atoms with Crippen molar-refractivity contribution in [3.8, 4) is 0 Å². The van der Waals surface area contributed by atoms with Crippen LogP contribution in [0, 0.1) is 0 Å². The van der Waals surface area contributed by atoms with E-state index >= 15 is 0 Å². The fourth-order valence-electron chi connectivity index (χ4n) is 1.40. The minimum atomic E-state index is 0.216. The summed E-state index contributed by atoms with van der Waals surface area (Å²) in [5.41, 5.74) is 0. The third-order valence-electron chi connectivity index (χ3n) is 2.32. The van der Waals surface area contributed by atoms with E-state index in [4.69, 9.17) is 5.11 Å². The highest BCUT2D eigenvalue weighted by Gasteiger charge is 2.06. The number of hydrogen-bond donors (Lipinski definition) is 2. The van der Waals surface area contributed by atoms with Crippen LogP contribution in [-0.2, 0) is 7.05 Å². The number of nitrogens with one attached hydrogen (secondary N) is 1. The van der Waals surface area contributed by atoms with Crippen molar-refractivity contribution >= 4 is 11.8 Å². The third kappa shape index (κ3) is 5.01. The molecule has 16 heavy (non-hydrogen) atoms. The molecule has 0 aromatic carbocycles. The highest BCUT2D eigenvalue weighted by atomic mass is 32.2. The van der Waals surface area contributed by atoms with Gasteiger partial charge in [-0.15, -0.1) is 11.8 Å². The maximum Gasteiger partial charge on any atom is 0.0625 e. The number of aliphatic hydroxyl groups excluding tert-OH is 1. The summed E-state index contributed by atoms with van der Waals surface area (Å²) >= 11 is 1.78. The molecule has 4 nitrogen and oxygen atoms in total. The molecule has 0 amide bonds. The zero-order chi connectivity index (χ0) is 11.8. The van der Waals surface area contributed by atoms with E-state index in [1.54, 1.807) is 16.4 Å². The minimum absolute atomic E-state index is 0.216. The van der Waals surface area contributed by atoms with Crippen molar-refractivity contribution in [1.82, 2.24) is 15.1 Å². The van der Waals surface area contributed by atoms with Crippen LogP contribution in [0.3, 0.4) is 0 Å². The molecule has 0 spiro atoms. The topological polar surface area (TPSA) is 50.1 Å². The van der Waals surface area contributed by atoms with Gasteiger partial charge in [0.1, 0.15) is 0 Å². The zero-order valence-corrected chi connectivity index (χ0v) is 10.8. The maximum atomic E-state index is 9.17. The van der Waals surface area contributed by atoms with Gasteiger partial charge >= 0.3 is 0 Å². The SMILES string of the molecule is CCCNC(CO)CCSc1cnn(C)c1. The number of rotatable bonds is 8. The fraction of sp³-hybridized carbons (Fsp3) is 0.727. The standard InChI is InChI=1S/C11H21N3OS/c1-3-5-12-10(9-15)4-6-16-11-7-13-14(2)8-11/h7-8,10,12,15H,3-6,9H2,1-2H3. The van der Waals surface area contributed by atoms with Crippen LogP contribution in [0.15, 0.2) is 17.3 Å². The summed E-state index contributed by atoms with van der Waals surface area (Å²) in [6.07, 6.45) is 5.97. The fourth-order valence-corrected chi connectivity index (χ4v) is 2.39. The first-order valence-electron chi connectivity index (χ1n) is 5.72. The van der Waals surface area contributed by atoms with E-state index in [2.05, 4.69) is 17.3 Å². The molecule has 0 aliphatic carbocycles. The lowest BCUT2D eigenvalue weighted by Crippen LogP contribution is -2.33. The van der Waals surface area contributed by atoms with E-state index in [-0.39, 0.29) is 12.6 Å². The largest absolute Gasteiger partial charge is 0.395 e. The molecule has 5 heteroatoms. The molecule has 92 valence electrons. The number of aliphatic hydroxyl groups is 1.